The standard InChI is InChI=1S/C16H16N2O2S/c1-11-7-8-21-15(11)10-18-16(19)12(2)20-14-5-3-13(9-17)4-6-14/h3-8,12H,10H2,1-2H3,(H,18,19). The number of carbonyl (C=O) groups excluding carboxylic acids is 1. The molecule has 0 spiro atoms. The number of nitriles is 1. The molecule has 1 atom stereocenters. The second-order valence-electron chi connectivity index (χ2n) is 4.64. The lowest BCUT2D eigenvalue weighted by atomic mass is 10.2. The highest BCUT2D eigenvalue weighted by Crippen LogP contribution is 2.16. The third-order valence-corrected chi connectivity index (χ3v) is 4.08. The Hall–Kier alpha value is -2.32. The molecule has 0 fully saturated rings. The first-order chi connectivity index (χ1) is 10.1. The molecule has 2 rings (SSSR count). The maximum Gasteiger partial charge on any atom is 0.261 e. The third-order valence-electron chi connectivity index (χ3n) is 3.06. The minimum Gasteiger partial charge on any atom is -0.481 e. The molecule has 2 aromatic rings. The van der Waals surface area contributed by atoms with Gasteiger partial charge in [-0.1, -0.05) is 0 Å². The molecule has 1 aromatic carbocycles. The number of aryl methyl sites for hydroxylation is 1. The Morgan fingerprint density at radius 2 is 2.10 bits per heavy atom. The summed E-state index contributed by atoms with van der Waals surface area (Å²) in [5.41, 5.74) is 1.74. The van der Waals surface area contributed by atoms with Crippen LogP contribution in [0.5, 0.6) is 5.75 Å². The molecule has 0 radical (unpaired) electrons. The summed E-state index contributed by atoms with van der Waals surface area (Å²) >= 11 is 1.63. The molecule has 0 aliphatic rings. The summed E-state index contributed by atoms with van der Waals surface area (Å²) in [7, 11) is 0. The molecule has 0 aliphatic carbocycles. The lowest BCUT2D eigenvalue weighted by molar-refractivity contribution is -0.127. The van der Waals surface area contributed by atoms with Crippen molar-refractivity contribution in [3.63, 3.8) is 0 Å². The van der Waals surface area contributed by atoms with E-state index >= 15 is 0 Å². The maximum atomic E-state index is 12.0. The fourth-order valence-electron chi connectivity index (χ4n) is 1.76. The number of rotatable bonds is 5. The van der Waals surface area contributed by atoms with Gasteiger partial charge in [-0.25, -0.2) is 0 Å². The van der Waals surface area contributed by atoms with Gasteiger partial charge in [-0.05, 0) is 55.1 Å². The minimum absolute atomic E-state index is 0.160. The van der Waals surface area contributed by atoms with E-state index in [2.05, 4.69) is 5.32 Å². The van der Waals surface area contributed by atoms with E-state index in [1.165, 1.54) is 5.56 Å². The summed E-state index contributed by atoms with van der Waals surface area (Å²) < 4.78 is 5.56. The topological polar surface area (TPSA) is 62.1 Å². The highest BCUT2D eigenvalue weighted by molar-refractivity contribution is 7.10. The van der Waals surface area contributed by atoms with Crippen LogP contribution in [-0.4, -0.2) is 12.0 Å². The minimum atomic E-state index is -0.585. The second kappa shape index (κ2) is 6.91. The van der Waals surface area contributed by atoms with Gasteiger partial charge < -0.3 is 10.1 Å². The number of hydrogen-bond acceptors (Lipinski definition) is 4. The highest BCUT2D eigenvalue weighted by atomic mass is 32.1. The number of benzene rings is 1. The van der Waals surface area contributed by atoms with Gasteiger partial charge in [-0.2, -0.15) is 5.26 Å². The number of nitrogens with one attached hydrogen (secondary N) is 1. The third kappa shape index (κ3) is 4.07. The maximum absolute atomic E-state index is 12.0. The molecule has 5 heteroatoms. The smallest absolute Gasteiger partial charge is 0.261 e. The first-order valence-electron chi connectivity index (χ1n) is 6.57. The van der Waals surface area contributed by atoms with Crippen molar-refractivity contribution in [2.24, 2.45) is 0 Å². The number of ether oxygens (including phenoxy) is 1. The van der Waals surface area contributed by atoms with E-state index in [0.29, 0.717) is 17.9 Å². The molecule has 0 saturated heterocycles. The van der Waals surface area contributed by atoms with E-state index in [1.54, 1.807) is 42.5 Å². The van der Waals surface area contributed by atoms with Gasteiger partial charge in [0, 0.05) is 4.88 Å². The zero-order chi connectivity index (χ0) is 15.2. The number of nitrogens with zero attached hydrogens (tertiary/aromatic N) is 1. The van der Waals surface area contributed by atoms with Gasteiger partial charge in [0.1, 0.15) is 5.75 Å². The summed E-state index contributed by atoms with van der Waals surface area (Å²) in [6, 6.07) is 10.8. The van der Waals surface area contributed by atoms with E-state index < -0.39 is 6.10 Å². The van der Waals surface area contributed by atoms with Gasteiger partial charge in [0.2, 0.25) is 0 Å². The first kappa shape index (κ1) is 15.1. The fourth-order valence-corrected chi connectivity index (χ4v) is 2.61. The molecule has 1 unspecified atom stereocenters. The first-order valence-corrected chi connectivity index (χ1v) is 7.45. The number of amides is 1. The van der Waals surface area contributed by atoms with Crippen molar-refractivity contribution < 1.29 is 9.53 Å². The van der Waals surface area contributed by atoms with Crippen molar-refractivity contribution in [2.75, 3.05) is 0 Å². The van der Waals surface area contributed by atoms with Gasteiger partial charge >= 0.3 is 0 Å². The Kier molecular flexibility index (Phi) is 4.96. The summed E-state index contributed by atoms with van der Waals surface area (Å²) in [5, 5.41) is 13.6. The van der Waals surface area contributed by atoms with Crippen molar-refractivity contribution in [2.45, 2.75) is 26.5 Å². The van der Waals surface area contributed by atoms with Crippen LogP contribution in [-0.2, 0) is 11.3 Å². The van der Waals surface area contributed by atoms with Gasteiger partial charge in [0.05, 0.1) is 18.2 Å². The van der Waals surface area contributed by atoms with Crippen LogP contribution in [0.4, 0.5) is 0 Å². The van der Waals surface area contributed by atoms with Gasteiger partial charge in [-0.3, -0.25) is 4.79 Å². The zero-order valence-electron chi connectivity index (χ0n) is 11.9. The summed E-state index contributed by atoms with van der Waals surface area (Å²) in [4.78, 5) is 13.1. The van der Waals surface area contributed by atoms with Crippen LogP contribution in [0.2, 0.25) is 0 Å². The molecule has 21 heavy (non-hydrogen) atoms. The van der Waals surface area contributed by atoms with Crippen LogP contribution < -0.4 is 10.1 Å². The number of carbonyl (C=O) groups is 1. The molecule has 1 N–H and O–H groups in total. The van der Waals surface area contributed by atoms with Gasteiger partial charge in [0.25, 0.3) is 5.91 Å². The van der Waals surface area contributed by atoms with Crippen molar-refractivity contribution in [1.29, 1.82) is 5.26 Å². The molecular weight excluding hydrogens is 284 g/mol. The predicted octanol–water partition coefficient (Wildman–Crippen LogP) is 3.01. The molecule has 0 aliphatic heterocycles. The Labute approximate surface area is 128 Å². The molecule has 108 valence electrons. The van der Waals surface area contributed by atoms with Crippen LogP contribution in [0.15, 0.2) is 35.7 Å². The summed E-state index contributed by atoms with van der Waals surface area (Å²) in [5.74, 6) is 0.413. The number of thiophene rings is 1. The quantitative estimate of drug-likeness (QED) is 0.923. The van der Waals surface area contributed by atoms with Crippen molar-refractivity contribution in [1.82, 2.24) is 5.32 Å². The van der Waals surface area contributed by atoms with Crippen molar-refractivity contribution in [3.05, 3.63) is 51.7 Å². The summed E-state index contributed by atoms with van der Waals surface area (Å²) in [6.45, 7) is 4.24. The SMILES string of the molecule is Cc1ccsc1CNC(=O)C(C)Oc1ccc(C#N)cc1. The molecule has 1 heterocycles. The lowest BCUT2D eigenvalue weighted by Crippen LogP contribution is -2.35. The molecular formula is C16H16N2O2S. The molecule has 0 bridgehead atoms. The van der Waals surface area contributed by atoms with Gasteiger partial charge in [0.15, 0.2) is 6.10 Å². The van der Waals surface area contributed by atoms with Crippen LogP contribution in [0.25, 0.3) is 0 Å². The second-order valence-corrected chi connectivity index (χ2v) is 5.64. The lowest BCUT2D eigenvalue weighted by Gasteiger charge is -2.14. The van der Waals surface area contributed by atoms with Crippen molar-refractivity contribution >= 4 is 17.2 Å². The van der Waals surface area contributed by atoms with Crippen LogP contribution >= 0.6 is 11.3 Å². The average Bonchev–Trinajstić information content (AvgIpc) is 2.90. The number of hydrogen-bond donors (Lipinski definition) is 1. The molecule has 1 aromatic heterocycles. The van der Waals surface area contributed by atoms with E-state index in [1.807, 2.05) is 24.4 Å². The van der Waals surface area contributed by atoms with Crippen LogP contribution in [0.3, 0.4) is 0 Å². The van der Waals surface area contributed by atoms with Crippen LogP contribution in [0, 0.1) is 18.3 Å². The molecule has 4 nitrogen and oxygen atoms in total. The fraction of sp³-hybridized carbons (Fsp3) is 0.250. The van der Waals surface area contributed by atoms with E-state index in [4.69, 9.17) is 10.00 Å². The zero-order valence-corrected chi connectivity index (χ0v) is 12.7. The average molecular weight is 300 g/mol. The Balaban J connectivity index is 1.87. The largest absolute Gasteiger partial charge is 0.481 e. The Bertz CT molecular complexity index is 656. The van der Waals surface area contributed by atoms with Crippen molar-refractivity contribution in [3.8, 4) is 11.8 Å². The predicted molar refractivity (Wildman–Crippen MR) is 82.1 cm³/mol. The Morgan fingerprint density at radius 3 is 2.67 bits per heavy atom. The van der Waals surface area contributed by atoms with Crippen LogP contribution in [0.1, 0.15) is 22.9 Å². The Morgan fingerprint density at radius 1 is 1.38 bits per heavy atom. The molecule has 0 saturated carbocycles. The highest BCUT2D eigenvalue weighted by Gasteiger charge is 2.14. The van der Waals surface area contributed by atoms with E-state index in [-0.39, 0.29) is 5.91 Å². The summed E-state index contributed by atoms with van der Waals surface area (Å²) in [6.07, 6.45) is -0.585. The normalized spacial score (nSPS) is 11.5. The van der Waals surface area contributed by atoms with Gasteiger partial charge in [-0.15, -0.1) is 11.3 Å². The monoisotopic (exact) mass is 300 g/mol. The van der Waals surface area contributed by atoms with E-state index in [0.717, 1.165) is 4.88 Å². The molecule has 1 amide bonds. The van der Waals surface area contributed by atoms with E-state index in [9.17, 15) is 4.79 Å².